The molecular formula is C17H23N3O2S. The lowest BCUT2D eigenvalue weighted by molar-refractivity contribution is -0.126. The van der Waals surface area contributed by atoms with E-state index >= 15 is 0 Å². The van der Waals surface area contributed by atoms with E-state index < -0.39 is 6.10 Å². The first-order valence-corrected chi connectivity index (χ1v) is 8.76. The van der Waals surface area contributed by atoms with Crippen LogP contribution in [0.4, 0.5) is 5.69 Å². The van der Waals surface area contributed by atoms with Crippen molar-refractivity contribution in [1.29, 1.82) is 0 Å². The molecule has 6 heteroatoms. The Bertz CT molecular complexity index is 720. The van der Waals surface area contributed by atoms with Crippen LogP contribution in [0.15, 0.2) is 18.2 Å². The van der Waals surface area contributed by atoms with Gasteiger partial charge in [-0.3, -0.25) is 4.79 Å². The normalized spacial score (nSPS) is 21.7. The maximum atomic E-state index is 12.3. The Kier molecular flexibility index (Phi) is 4.40. The number of aromatic nitrogens is 1. The Hall–Kier alpha value is -1.50. The number of carbonyl (C=O) groups excluding carboxylic acids is 1. The van der Waals surface area contributed by atoms with Gasteiger partial charge in [0.15, 0.2) is 0 Å². The van der Waals surface area contributed by atoms with Crippen LogP contribution in [0.3, 0.4) is 0 Å². The summed E-state index contributed by atoms with van der Waals surface area (Å²) in [6.45, 7) is 6.92. The van der Waals surface area contributed by atoms with Crippen molar-refractivity contribution in [1.82, 2.24) is 4.98 Å². The van der Waals surface area contributed by atoms with Crippen molar-refractivity contribution in [3.63, 3.8) is 0 Å². The molecule has 124 valence electrons. The number of hydrogen-bond acceptors (Lipinski definition) is 5. The number of carbonyl (C=O) groups is 1. The largest absolute Gasteiger partial charge is 0.364 e. The number of nitrogens with one attached hydrogen (secondary N) is 1. The molecule has 1 aliphatic rings. The number of benzene rings is 1. The summed E-state index contributed by atoms with van der Waals surface area (Å²) in [6.07, 6.45) is 1.18. The van der Waals surface area contributed by atoms with Crippen LogP contribution in [0.2, 0.25) is 0 Å². The van der Waals surface area contributed by atoms with Crippen LogP contribution in [0, 0.1) is 0 Å². The third-order valence-corrected chi connectivity index (χ3v) is 5.40. The number of amides is 1. The molecule has 1 aromatic heterocycles. The number of ether oxygens (including phenoxy) is 1. The maximum Gasteiger partial charge on any atom is 0.253 e. The highest BCUT2D eigenvalue weighted by Gasteiger charge is 2.30. The second kappa shape index (κ2) is 6.19. The molecule has 0 unspecified atom stereocenters. The van der Waals surface area contributed by atoms with Crippen molar-refractivity contribution in [3.05, 3.63) is 23.2 Å². The predicted octanol–water partition coefficient (Wildman–Crippen LogP) is 3.04. The Morgan fingerprint density at radius 1 is 1.43 bits per heavy atom. The van der Waals surface area contributed by atoms with Crippen LogP contribution in [0.25, 0.3) is 10.2 Å². The minimum atomic E-state index is -0.397. The summed E-state index contributed by atoms with van der Waals surface area (Å²) >= 11 is 1.67. The van der Waals surface area contributed by atoms with Gasteiger partial charge < -0.3 is 15.8 Å². The van der Waals surface area contributed by atoms with Crippen LogP contribution in [0.5, 0.6) is 0 Å². The molecule has 0 saturated carbocycles. The Balaban J connectivity index is 1.74. The highest BCUT2D eigenvalue weighted by atomic mass is 32.1. The first-order valence-electron chi connectivity index (χ1n) is 7.94. The van der Waals surface area contributed by atoms with E-state index in [0.29, 0.717) is 6.54 Å². The monoisotopic (exact) mass is 333 g/mol. The van der Waals surface area contributed by atoms with E-state index in [9.17, 15) is 4.79 Å². The van der Waals surface area contributed by atoms with E-state index in [1.165, 1.54) is 0 Å². The molecule has 2 aromatic rings. The van der Waals surface area contributed by atoms with Crippen LogP contribution in [0.1, 0.15) is 38.6 Å². The lowest BCUT2D eigenvalue weighted by Gasteiger charge is -2.13. The van der Waals surface area contributed by atoms with Crippen molar-refractivity contribution in [2.45, 2.75) is 51.2 Å². The van der Waals surface area contributed by atoms with Crippen LogP contribution in [-0.4, -0.2) is 29.6 Å². The quantitative estimate of drug-likeness (QED) is 0.905. The summed E-state index contributed by atoms with van der Waals surface area (Å²) in [7, 11) is 0. The topological polar surface area (TPSA) is 77.2 Å². The molecule has 1 aromatic carbocycles. The summed E-state index contributed by atoms with van der Waals surface area (Å²) in [5.74, 6) is -0.0964. The lowest BCUT2D eigenvalue weighted by Crippen LogP contribution is -2.29. The number of fused-ring (bicyclic) bond motifs is 1. The van der Waals surface area contributed by atoms with Gasteiger partial charge in [0.05, 0.1) is 21.3 Å². The Morgan fingerprint density at radius 3 is 2.87 bits per heavy atom. The molecule has 1 fully saturated rings. The van der Waals surface area contributed by atoms with Gasteiger partial charge in [0.1, 0.15) is 6.10 Å². The van der Waals surface area contributed by atoms with Gasteiger partial charge in [0, 0.05) is 17.6 Å². The number of nitrogens with two attached hydrogens (primary N) is 1. The molecule has 1 saturated heterocycles. The van der Waals surface area contributed by atoms with E-state index in [1.807, 2.05) is 18.2 Å². The van der Waals surface area contributed by atoms with Crippen molar-refractivity contribution >= 4 is 33.1 Å². The summed E-state index contributed by atoms with van der Waals surface area (Å²) < 4.78 is 6.72. The molecule has 23 heavy (non-hydrogen) atoms. The van der Waals surface area contributed by atoms with Crippen LogP contribution < -0.4 is 11.1 Å². The smallest absolute Gasteiger partial charge is 0.253 e. The molecule has 1 amide bonds. The Labute approximate surface area is 140 Å². The van der Waals surface area contributed by atoms with E-state index in [2.05, 4.69) is 31.1 Å². The van der Waals surface area contributed by atoms with E-state index in [-0.39, 0.29) is 17.4 Å². The first-order chi connectivity index (χ1) is 10.9. The molecule has 2 atom stereocenters. The lowest BCUT2D eigenvalue weighted by atomic mass is 9.98. The fourth-order valence-electron chi connectivity index (χ4n) is 2.62. The number of nitrogens with zero attached hydrogens (tertiary/aromatic N) is 1. The average molecular weight is 333 g/mol. The SMILES string of the molecule is CC(C)(C)c1nc2ccc(NC(=O)[C@@H]3CC[C@H](CN)O3)cc2s1. The minimum absolute atomic E-state index is 0.00377. The average Bonchev–Trinajstić information content (AvgIpc) is 3.12. The summed E-state index contributed by atoms with van der Waals surface area (Å²) in [5.41, 5.74) is 7.37. The second-order valence-corrected chi connectivity index (χ2v) is 8.03. The molecule has 5 nitrogen and oxygen atoms in total. The van der Waals surface area contributed by atoms with Gasteiger partial charge >= 0.3 is 0 Å². The van der Waals surface area contributed by atoms with Crippen molar-refractivity contribution < 1.29 is 9.53 Å². The van der Waals surface area contributed by atoms with Gasteiger partial charge in [-0.1, -0.05) is 20.8 Å². The van der Waals surface area contributed by atoms with Crippen molar-refractivity contribution in [3.8, 4) is 0 Å². The molecule has 3 N–H and O–H groups in total. The molecule has 0 bridgehead atoms. The molecule has 3 rings (SSSR count). The van der Waals surface area contributed by atoms with E-state index in [0.717, 1.165) is 33.8 Å². The zero-order chi connectivity index (χ0) is 16.6. The standard InChI is InChI=1S/C17H23N3O2S/c1-17(2,3)16-20-12-6-4-10(8-14(12)23-16)19-15(21)13-7-5-11(9-18)22-13/h4,6,8,11,13H,5,7,9,18H2,1-3H3,(H,19,21)/t11-,13+/m1/s1. The van der Waals surface area contributed by atoms with E-state index in [1.54, 1.807) is 11.3 Å². The maximum absolute atomic E-state index is 12.3. The van der Waals surface area contributed by atoms with Crippen molar-refractivity contribution in [2.24, 2.45) is 5.73 Å². The molecule has 2 heterocycles. The highest BCUT2D eigenvalue weighted by molar-refractivity contribution is 7.18. The van der Waals surface area contributed by atoms with Gasteiger partial charge in [0.25, 0.3) is 5.91 Å². The fraction of sp³-hybridized carbons (Fsp3) is 0.529. The minimum Gasteiger partial charge on any atom is -0.364 e. The Morgan fingerprint density at radius 2 is 2.22 bits per heavy atom. The second-order valence-electron chi connectivity index (χ2n) is 7.00. The fourth-order valence-corrected chi connectivity index (χ4v) is 3.68. The van der Waals surface area contributed by atoms with Gasteiger partial charge in [-0.25, -0.2) is 4.98 Å². The van der Waals surface area contributed by atoms with Crippen molar-refractivity contribution in [2.75, 3.05) is 11.9 Å². The molecule has 0 radical (unpaired) electrons. The predicted molar refractivity (Wildman–Crippen MR) is 93.9 cm³/mol. The van der Waals surface area contributed by atoms with Crippen LogP contribution in [-0.2, 0) is 14.9 Å². The van der Waals surface area contributed by atoms with E-state index in [4.69, 9.17) is 10.5 Å². The molecular weight excluding hydrogens is 310 g/mol. The van der Waals surface area contributed by atoms with Crippen LogP contribution >= 0.6 is 11.3 Å². The number of anilines is 1. The van der Waals surface area contributed by atoms with Gasteiger partial charge in [0.2, 0.25) is 0 Å². The van der Waals surface area contributed by atoms with Gasteiger partial charge in [-0.05, 0) is 31.0 Å². The number of thiazole rings is 1. The first kappa shape index (κ1) is 16.4. The highest BCUT2D eigenvalue weighted by Crippen LogP contribution is 2.32. The molecule has 0 spiro atoms. The summed E-state index contributed by atoms with van der Waals surface area (Å²) in [4.78, 5) is 17.0. The zero-order valence-corrected chi connectivity index (χ0v) is 14.6. The summed E-state index contributed by atoms with van der Waals surface area (Å²) in [5, 5.41) is 4.04. The van der Waals surface area contributed by atoms with Gasteiger partial charge in [-0.15, -0.1) is 11.3 Å². The number of rotatable bonds is 3. The number of hydrogen-bond donors (Lipinski definition) is 2. The molecule has 1 aliphatic heterocycles. The third-order valence-electron chi connectivity index (χ3n) is 3.96. The zero-order valence-electron chi connectivity index (χ0n) is 13.8. The third kappa shape index (κ3) is 3.54. The van der Waals surface area contributed by atoms with Gasteiger partial charge in [-0.2, -0.15) is 0 Å². The summed E-state index contributed by atoms with van der Waals surface area (Å²) in [6, 6.07) is 5.83. The molecule has 0 aliphatic carbocycles.